The Bertz CT molecular complexity index is 326. The minimum absolute atomic E-state index is 0.216. The zero-order valence-corrected chi connectivity index (χ0v) is 14.1. The van der Waals surface area contributed by atoms with E-state index in [1.165, 1.54) is 38.8 Å². The van der Waals surface area contributed by atoms with Crippen molar-refractivity contribution in [3.8, 4) is 0 Å². The predicted molar refractivity (Wildman–Crippen MR) is 87.2 cm³/mol. The quantitative estimate of drug-likeness (QED) is 0.812. The Morgan fingerprint density at radius 1 is 1.29 bits per heavy atom. The minimum atomic E-state index is 0.216. The van der Waals surface area contributed by atoms with Gasteiger partial charge < -0.3 is 15.1 Å². The average molecular weight is 295 g/mol. The maximum Gasteiger partial charge on any atom is 0.227 e. The third-order valence-electron chi connectivity index (χ3n) is 5.22. The highest BCUT2D eigenvalue weighted by atomic mass is 16.2. The van der Waals surface area contributed by atoms with Gasteiger partial charge in [0.05, 0.1) is 5.92 Å². The first-order chi connectivity index (χ1) is 10.1. The van der Waals surface area contributed by atoms with E-state index in [9.17, 15) is 4.79 Å². The number of carbonyl (C=O) groups is 1. The van der Waals surface area contributed by atoms with Crippen LogP contribution in [0.4, 0.5) is 0 Å². The molecule has 0 aromatic rings. The molecule has 2 fully saturated rings. The van der Waals surface area contributed by atoms with Crippen LogP contribution in [-0.4, -0.2) is 62.0 Å². The number of hydrogen-bond acceptors (Lipinski definition) is 3. The second kappa shape index (κ2) is 8.14. The molecule has 0 bridgehead atoms. The molecule has 4 heteroatoms. The number of nitrogens with zero attached hydrogens (tertiary/aromatic N) is 2. The summed E-state index contributed by atoms with van der Waals surface area (Å²) in [5.41, 5.74) is 0. The van der Waals surface area contributed by atoms with Crippen LogP contribution in [0.15, 0.2) is 0 Å². The first-order valence-electron chi connectivity index (χ1n) is 8.79. The zero-order chi connectivity index (χ0) is 15.2. The lowest BCUT2D eigenvalue weighted by Crippen LogP contribution is -2.45. The van der Waals surface area contributed by atoms with Gasteiger partial charge in [-0.05, 0) is 51.2 Å². The van der Waals surface area contributed by atoms with Gasteiger partial charge in [-0.2, -0.15) is 0 Å². The molecule has 2 saturated heterocycles. The lowest BCUT2D eigenvalue weighted by Gasteiger charge is -2.35. The third-order valence-corrected chi connectivity index (χ3v) is 5.22. The van der Waals surface area contributed by atoms with Crippen molar-refractivity contribution < 1.29 is 4.79 Å². The maximum atomic E-state index is 12.6. The summed E-state index contributed by atoms with van der Waals surface area (Å²) in [5.74, 6) is 1.88. The van der Waals surface area contributed by atoms with Crippen molar-refractivity contribution in [2.75, 3.05) is 46.3 Å². The SMILES string of the molecule is CCCCN(C)CC1CCN(C(=O)[C@@H]2CNC[C@H]2C)CC1. The summed E-state index contributed by atoms with van der Waals surface area (Å²) in [6, 6.07) is 0. The van der Waals surface area contributed by atoms with Crippen molar-refractivity contribution in [2.45, 2.75) is 39.5 Å². The number of carbonyl (C=O) groups excluding carboxylic acids is 1. The summed E-state index contributed by atoms with van der Waals surface area (Å²) in [5, 5.41) is 3.34. The summed E-state index contributed by atoms with van der Waals surface area (Å²) in [4.78, 5) is 17.1. The molecular weight excluding hydrogens is 262 g/mol. The fourth-order valence-corrected chi connectivity index (χ4v) is 3.67. The Labute approximate surface area is 130 Å². The Kier molecular flexibility index (Phi) is 6.49. The minimum Gasteiger partial charge on any atom is -0.342 e. The first-order valence-corrected chi connectivity index (χ1v) is 8.79. The molecule has 0 spiro atoms. The molecule has 2 rings (SSSR count). The Balaban J connectivity index is 1.71. The molecule has 2 heterocycles. The van der Waals surface area contributed by atoms with E-state index in [1.54, 1.807) is 0 Å². The molecule has 1 N–H and O–H groups in total. The fourth-order valence-electron chi connectivity index (χ4n) is 3.67. The molecule has 0 aromatic heterocycles. The van der Waals surface area contributed by atoms with Gasteiger partial charge in [-0.3, -0.25) is 4.79 Å². The Hall–Kier alpha value is -0.610. The Morgan fingerprint density at radius 3 is 2.57 bits per heavy atom. The highest BCUT2D eigenvalue weighted by Gasteiger charge is 2.34. The summed E-state index contributed by atoms with van der Waals surface area (Å²) < 4.78 is 0. The monoisotopic (exact) mass is 295 g/mol. The number of nitrogens with one attached hydrogen (secondary N) is 1. The lowest BCUT2D eigenvalue weighted by molar-refractivity contribution is -0.137. The van der Waals surface area contributed by atoms with Gasteiger partial charge in [-0.1, -0.05) is 20.3 Å². The second-order valence-electron chi connectivity index (χ2n) is 7.13. The Morgan fingerprint density at radius 2 is 2.00 bits per heavy atom. The summed E-state index contributed by atoms with van der Waals surface area (Å²) >= 11 is 0. The van der Waals surface area contributed by atoms with Gasteiger partial charge in [0.2, 0.25) is 5.91 Å². The standard InChI is InChI=1S/C17H33N3O/c1-4-5-8-19(3)13-15-6-9-20(10-7-15)17(21)16-12-18-11-14(16)2/h14-16,18H,4-13H2,1-3H3/t14-,16-/m1/s1. The van der Waals surface area contributed by atoms with E-state index < -0.39 is 0 Å². The average Bonchev–Trinajstić information content (AvgIpc) is 2.91. The topological polar surface area (TPSA) is 35.6 Å². The van der Waals surface area contributed by atoms with E-state index in [0.717, 1.165) is 32.1 Å². The van der Waals surface area contributed by atoms with Crippen LogP contribution in [-0.2, 0) is 4.79 Å². The molecule has 21 heavy (non-hydrogen) atoms. The van der Waals surface area contributed by atoms with Crippen LogP contribution in [0, 0.1) is 17.8 Å². The molecule has 0 radical (unpaired) electrons. The summed E-state index contributed by atoms with van der Waals surface area (Å²) in [6.45, 7) is 10.6. The van der Waals surface area contributed by atoms with Gasteiger partial charge in [0.1, 0.15) is 0 Å². The van der Waals surface area contributed by atoms with Crippen LogP contribution in [0.5, 0.6) is 0 Å². The normalized spacial score (nSPS) is 27.5. The molecule has 0 aliphatic carbocycles. The largest absolute Gasteiger partial charge is 0.342 e. The molecule has 2 aliphatic rings. The summed E-state index contributed by atoms with van der Waals surface area (Å²) in [6.07, 6.45) is 4.92. The van der Waals surface area contributed by atoms with Gasteiger partial charge in [0, 0.05) is 26.2 Å². The van der Waals surface area contributed by atoms with Crippen LogP contribution < -0.4 is 5.32 Å². The van der Waals surface area contributed by atoms with Gasteiger partial charge in [0.25, 0.3) is 0 Å². The predicted octanol–water partition coefficient (Wildman–Crippen LogP) is 1.81. The van der Waals surface area contributed by atoms with Crippen LogP contribution in [0.25, 0.3) is 0 Å². The van der Waals surface area contributed by atoms with Crippen LogP contribution in [0.3, 0.4) is 0 Å². The van der Waals surface area contributed by atoms with Crippen LogP contribution in [0.1, 0.15) is 39.5 Å². The third kappa shape index (κ3) is 4.68. The van der Waals surface area contributed by atoms with E-state index in [4.69, 9.17) is 0 Å². The van der Waals surface area contributed by atoms with Crippen LogP contribution >= 0.6 is 0 Å². The van der Waals surface area contributed by atoms with Crippen molar-refractivity contribution >= 4 is 5.91 Å². The molecule has 4 nitrogen and oxygen atoms in total. The fraction of sp³-hybridized carbons (Fsp3) is 0.941. The molecule has 0 aromatic carbocycles. The highest BCUT2D eigenvalue weighted by Crippen LogP contribution is 2.23. The number of hydrogen-bond donors (Lipinski definition) is 1. The summed E-state index contributed by atoms with van der Waals surface area (Å²) in [7, 11) is 2.24. The van der Waals surface area contributed by atoms with Gasteiger partial charge in [-0.15, -0.1) is 0 Å². The van der Waals surface area contributed by atoms with Crippen molar-refractivity contribution in [1.82, 2.24) is 15.1 Å². The molecule has 0 saturated carbocycles. The molecule has 2 atom stereocenters. The maximum absolute atomic E-state index is 12.6. The zero-order valence-electron chi connectivity index (χ0n) is 14.1. The van der Waals surface area contributed by atoms with E-state index in [0.29, 0.717) is 11.8 Å². The number of rotatable bonds is 6. The molecule has 2 aliphatic heterocycles. The van der Waals surface area contributed by atoms with E-state index in [-0.39, 0.29) is 5.92 Å². The molecular formula is C17H33N3O. The van der Waals surface area contributed by atoms with Gasteiger partial charge in [-0.25, -0.2) is 0 Å². The van der Waals surface area contributed by atoms with E-state index >= 15 is 0 Å². The smallest absolute Gasteiger partial charge is 0.227 e. The molecule has 0 unspecified atom stereocenters. The van der Waals surface area contributed by atoms with Gasteiger partial charge in [0.15, 0.2) is 0 Å². The van der Waals surface area contributed by atoms with Crippen molar-refractivity contribution in [3.05, 3.63) is 0 Å². The van der Waals surface area contributed by atoms with Crippen molar-refractivity contribution in [1.29, 1.82) is 0 Å². The molecule has 1 amide bonds. The van der Waals surface area contributed by atoms with E-state index in [1.807, 2.05) is 0 Å². The number of piperidine rings is 1. The van der Waals surface area contributed by atoms with Crippen molar-refractivity contribution in [3.63, 3.8) is 0 Å². The number of amides is 1. The van der Waals surface area contributed by atoms with E-state index in [2.05, 4.69) is 36.0 Å². The number of unbranched alkanes of at least 4 members (excludes halogenated alkanes) is 1. The highest BCUT2D eigenvalue weighted by molar-refractivity contribution is 5.79. The number of likely N-dealkylation sites (tertiary alicyclic amines) is 1. The van der Waals surface area contributed by atoms with Gasteiger partial charge >= 0.3 is 0 Å². The first kappa shape index (κ1) is 16.8. The molecule has 122 valence electrons. The second-order valence-corrected chi connectivity index (χ2v) is 7.13. The van der Waals surface area contributed by atoms with Crippen LogP contribution in [0.2, 0.25) is 0 Å². The lowest BCUT2D eigenvalue weighted by atomic mass is 9.92. The van der Waals surface area contributed by atoms with Crippen molar-refractivity contribution in [2.24, 2.45) is 17.8 Å².